The monoisotopic (exact) mass is 255 g/mol. The number of rotatable bonds is 5. The van der Waals surface area contributed by atoms with Gasteiger partial charge in [-0.15, -0.1) is 11.3 Å². The van der Waals surface area contributed by atoms with Crippen LogP contribution in [0.15, 0.2) is 0 Å². The normalized spacial score (nSPS) is 21.2. The lowest BCUT2D eigenvalue weighted by atomic mass is 10.0. The van der Waals surface area contributed by atoms with Crippen LogP contribution in [0.25, 0.3) is 0 Å². The second-order valence-corrected chi connectivity index (χ2v) is 5.57. The summed E-state index contributed by atoms with van der Waals surface area (Å²) in [6.45, 7) is 4.90. The maximum Gasteiger partial charge on any atom is 0.122 e. The van der Waals surface area contributed by atoms with Crippen LogP contribution in [0.4, 0.5) is 0 Å². The first-order chi connectivity index (χ1) is 8.26. The number of hydrogen-bond acceptors (Lipinski definition) is 4. The van der Waals surface area contributed by atoms with Crippen LogP contribution in [0.2, 0.25) is 0 Å². The third kappa shape index (κ3) is 2.87. The van der Waals surface area contributed by atoms with Gasteiger partial charge in [0.05, 0.1) is 16.7 Å². The van der Waals surface area contributed by atoms with Gasteiger partial charge in [-0.3, -0.25) is 0 Å². The Morgan fingerprint density at radius 1 is 1.53 bits per heavy atom. The molecule has 0 bridgehead atoms. The van der Waals surface area contributed by atoms with Crippen molar-refractivity contribution in [2.45, 2.75) is 58.2 Å². The number of aryl methyl sites for hydroxylation is 1. The van der Waals surface area contributed by atoms with Crippen LogP contribution in [0.1, 0.15) is 67.3 Å². The first-order valence-corrected chi connectivity index (χ1v) is 7.37. The Bertz CT molecular complexity index is 358. The Balaban J connectivity index is 2.19. The summed E-state index contributed by atoms with van der Waals surface area (Å²) in [5.41, 5.74) is 1.10. The Morgan fingerprint density at radius 2 is 2.35 bits per heavy atom. The first kappa shape index (κ1) is 13.0. The molecule has 0 aliphatic heterocycles. The van der Waals surface area contributed by atoms with E-state index in [1.54, 1.807) is 11.3 Å². The van der Waals surface area contributed by atoms with Crippen molar-refractivity contribution in [3.63, 3.8) is 0 Å². The molecule has 4 heteroatoms. The highest BCUT2D eigenvalue weighted by atomic mass is 32.1. The molecule has 0 fully saturated rings. The van der Waals surface area contributed by atoms with E-state index in [4.69, 9.17) is 4.74 Å². The molecule has 1 aromatic rings. The van der Waals surface area contributed by atoms with E-state index in [0.29, 0.717) is 0 Å². The zero-order valence-corrected chi connectivity index (χ0v) is 11.4. The van der Waals surface area contributed by atoms with E-state index >= 15 is 0 Å². The fraction of sp³-hybridized carbons (Fsp3) is 0.769. The predicted octanol–water partition coefficient (Wildman–Crippen LogP) is 3.39. The van der Waals surface area contributed by atoms with Crippen molar-refractivity contribution >= 4 is 11.3 Å². The van der Waals surface area contributed by atoms with Gasteiger partial charge in [-0.05, 0) is 32.6 Å². The van der Waals surface area contributed by atoms with Gasteiger partial charge in [-0.25, -0.2) is 4.98 Å². The SMILES string of the molecule is CCCC(OCC)c1nc2c(s1)C(O)CCC2. The maximum atomic E-state index is 9.95. The highest BCUT2D eigenvalue weighted by molar-refractivity contribution is 7.11. The van der Waals surface area contributed by atoms with Crippen molar-refractivity contribution < 1.29 is 9.84 Å². The van der Waals surface area contributed by atoms with E-state index in [1.807, 2.05) is 6.92 Å². The first-order valence-electron chi connectivity index (χ1n) is 6.55. The summed E-state index contributed by atoms with van der Waals surface area (Å²) in [5, 5.41) is 11.0. The van der Waals surface area contributed by atoms with Crippen molar-refractivity contribution in [3.05, 3.63) is 15.6 Å². The Labute approximate surface area is 107 Å². The van der Waals surface area contributed by atoms with Gasteiger partial charge in [0.25, 0.3) is 0 Å². The van der Waals surface area contributed by atoms with Crippen molar-refractivity contribution in [2.24, 2.45) is 0 Å². The zero-order valence-electron chi connectivity index (χ0n) is 10.6. The van der Waals surface area contributed by atoms with Crippen LogP contribution in [0.5, 0.6) is 0 Å². The molecular formula is C13H21NO2S. The molecule has 0 saturated carbocycles. The maximum absolute atomic E-state index is 9.95. The highest BCUT2D eigenvalue weighted by Gasteiger charge is 2.25. The highest BCUT2D eigenvalue weighted by Crippen LogP contribution is 2.37. The van der Waals surface area contributed by atoms with Crippen molar-refractivity contribution in [3.8, 4) is 0 Å². The lowest BCUT2D eigenvalue weighted by molar-refractivity contribution is 0.0554. The van der Waals surface area contributed by atoms with Crippen LogP contribution in [-0.4, -0.2) is 16.7 Å². The average molecular weight is 255 g/mol. The topological polar surface area (TPSA) is 42.4 Å². The van der Waals surface area contributed by atoms with Gasteiger partial charge in [0, 0.05) is 6.61 Å². The molecule has 2 rings (SSSR count). The van der Waals surface area contributed by atoms with Crippen LogP contribution >= 0.6 is 11.3 Å². The van der Waals surface area contributed by atoms with Crippen LogP contribution in [0.3, 0.4) is 0 Å². The van der Waals surface area contributed by atoms with E-state index in [0.717, 1.165) is 54.3 Å². The fourth-order valence-corrected chi connectivity index (χ4v) is 3.51. The van der Waals surface area contributed by atoms with E-state index < -0.39 is 0 Å². The van der Waals surface area contributed by atoms with Gasteiger partial charge < -0.3 is 9.84 Å². The number of nitrogens with zero attached hydrogens (tertiary/aromatic N) is 1. The van der Waals surface area contributed by atoms with E-state index in [1.165, 1.54) is 0 Å². The van der Waals surface area contributed by atoms with Crippen LogP contribution in [0, 0.1) is 0 Å². The fourth-order valence-electron chi connectivity index (χ4n) is 2.30. The van der Waals surface area contributed by atoms with Crippen molar-refractivity contribution in [2.75, 3.05) is 6.61 Å². The van der Waals surface area contributed by atoms with Crippen molar-refractivity contribution in [1.82, 2.24) is 4.98 Å². The Kier molecular flexibility index (Phi) is 4.54. The number of aliphatic hydroxyl groups excluding tert-OH is 1. The molecule has 1 aliphatic carbocycles. The van der Waals surface area contributed by atoms with Gasteiger partial charge >= 0.3 is 0 Å². The molecular weight excluding hydrogens is 234 g/mol. The predicted molar refractivity (Wildman–Crippen MR) is 69.3 cm³/mol. The Hall–Kier alpha value is -0.450. The second kappa shape index (κ2) is 5.94. The number of ether oxygens (including phenoxy) is 1. The molecule has 3 nitrogen and oxygen atoms in total. The minimum atomic E-state index is -0.297. The summed E-state index contributed by atoms with van der Waals surface area (Å²) in [6.07, 6.45) is 4.86. The van der Waals surface area contributed by atoms with Gasteiger partial charge in [0.2, 0.25) is 0 Å². The molecule has 1 aliphatic rings. The second-order valence-electron chi connectivity index (χ2n) is 4.50. The number of hydrogen-bond donors (Lipinski definition) is 1. The summed E-state index contributed by atoms with van der Waals surface area (Å²) in [7, 11) is 0. The number of aliphatic hydroxyl groups is 1. The zero-order chi connectivity index (χ0) is 12.3. The van der Waals surface area contributed by atoms with E-state index in [2.05, 4.69) is 11.9 Å². The third-order valence-corrected chi connectivity index (χ3v) is 4.42. The summed E-state index contributed by atoms with van der Waals surface area (Å²) in [6, 6.07) is 0. The molecule has 0 aromatic carbocycles. The van der Waals surface area contributed by atoms with Gasteiger partial charge in [0.15, 0.2) is 0 Å². The molecule has 0 amide bonds. The van der Waals surface area contributed by atoms with Crippen LogP contribution in [-0.2, 0) is 11.2 Å². The molecule has 2 atom stereocenters. The van der Waals surface area contributed by atoms with Gasteiger partial charge in [0.1, 0.15) is 11.1 Å². The molecule has 0 spiro atoms. The molecule has 96 valence electrons. The van der Waals surface area contributed by atoms with Gasteiger partial charge in [-0.1, -0.05) is 13.3 Å². The molecule has 0 saturated heterocycles. The Morgan fingerprint density at radius 3 is 3.00 bits per heavy atom. The number of fused-ring (bicyclic) bond motifs is 1. The van der Waals surface area contributed by atoms with Crippen LogP contribution < -0.4 is 0 Å². The third-order valence-electron chi connectivity index (χ3n) is 3.13. The minimum Gasteiger partial charge on any atom is -0.388 e. The molecule has 2 unspecified atom stereocenters. The standard InChI is InChI=1S/C13H21NO2S/c1-3-6-11(16-4-2)13-14-9-7-5-8-10(15)12(9)17-13/h10-11,15H,3-8H2,1-2H3. The van der Waals surface area contributed by atoms with E-state index in [-0.39, 0.29) is 12.2 Å². The smallest absolute Gasteiger partial charge is 0.122 e. The summed E-state index contributed by atoms with van der Waals surface area (Å²) in [5.74, 6) is 0. The quantitative estimate of drug-likeness (QED) is 0.877. The van der Waals surface area contributed by atoms with Crippen molar-refractivity contribution in [1.29, 1.82) is 0 Å². The molecule has 1 aromatic heterocycles. The van der Waals surface area contributed by atoms with Gasteiger partial charge in [-0.2, -0.15) is 0 Å². The number of thiazole rings is 1. The lowest BCUT2D eigenvalue weighted by Crippen LogP contribution is -2.06. The lowest BCUT2D eigenvalue weighted by Gasteiger charge is -2.14. The number of aromatic nitrogens is 1. The largest absolute Gasteiger partial charge is 0.388 e. The molecule has 17 heavy (non-hydrogen) atoms. The minimum absolute atomic E-state index is 0.118. The summed E-state index contributed by atoms with van der Waals surface area (Å²) >= 11 is 1.65. The summed E-state index contributed by atoms with van der Waals surface area (Å²) in [4.78, 5) is 5.75. The summed E-state index contributed by atoms with van der Waals surface area (Å²) < 4.78 is 5.75. The molecule has 1 N–H and O–H groups in total. The molecule has 1 heterocycles. The average Bonchev–Trinajstić information content (AvgIpc) is 2.74. The molecule has 0 radical (unpaired) electrons. The van der Waals surface area contributed by atoms with E-state index in [9.17, 15) is 5.11 Å².